The van der Waals surface area contributed by atoms with Crippen LogP contribution in [0.15, 0.2) is 24.3 Å². The van der Waals surface area contributed by atoms with Gasteiger partial charge < -0.3 is 9.64 Å². The van der Waals surface area contributed by atoms with Gasteiger partial charge in [-0.2, -0.15) is 0 Å². The molecule has 0 saturated carbocycles. The van der Waals surface area contributed by atoms with Gasteiger partial charge in [0.05, 0.1) is 10.9 Å². The minimum Gasteiger partial charge on any atom is -0.444 e. The van der Waals surface area contributed by atoms with Crippen LogP contribution in [0.2, 0.25) is 5.02 Å². The summed E-state index contributed by atoms with van der Waals surface area (Å²) in [5.74, 6) is -0.210. The first-order valence-electron chi connectivity index (χ1n) is 6.54. The van der Waals surface area contributed by atoms with Gasteiger partial charge in [0.25, 0.3) is 0 Å². The highest BCUT2D eigenvalue weighted by Crippen LogP contribution is 2.26. The Labute approximate surface area is 123 Å². The van der Waals surface area contributed by atoms with E-state index >= 15 is 0 Å². The van der Waals surface area contributed by atoms with Crippen molar-refractivity contribution in [2.45, 2.75) is 26.4 Å². The number of carbonyl (C=O) groups excluding carboxylic acids is 2. The Morgan fingerprint density at radius 3 is 2.40 bits per heavy atom. The number of hydrogen-bond acceptors (Lipinski definition) is 3. The van der Waals surface area contributed by atoms with E-state index in [0.29, 0.717) is 23.7 Å². The van der Waals surface area contributed by atoms with E-state index in [1.807, 2.05) is 20.8 Å². The number of carbonyl (C=O) groups is 2. The second-order valence-electron chi connectivity index (χ2n) is 5.93. The molecule has 108 valence electrons. The largest absolute Gasteiger partial charge is 0.444 e. The lowest BCUT2D eigenvalue weighted by molar-refractivity contribution is 0.00149. The van der Waals surface area contributed by atoms with Crippen LogP contribution in [-0.4, -0.2) is 35.5 Å². The molecular formula is C15H18ClNO3. The van der Waals surface area contributed by atoms with Crippen molar-refractivity contribution in [3.63, 3.8) is 0 Å². The highest BCUT2D eigenvalue weighted by atomic mass is 35.5. The van der Waals surface area contributed by atoms with Crippen LogP contribution in [0.1, 0.15) is 31.1 Å². The molecule has 0 aliphatic carbocycles. The van der Waals surface area contributed by atoms with Crippen LogP contribution in [0.5, 0.6) is 0 Å². The molecule has 0 aromatic heterocycles. The van der Waals surface area contributed by atoms with E-state index in [9.17, 15) is 9.59 Å². The Morgan fingerprint density at radius 2 is 1.85 bits per heavy atom. The van der Waals surface area contributed by atoms with Gasteiger partial charge in [0, 0.05) is 18.7 Å². The van der Waals surface area contributed by atoms with Crippen molar-refractivity contribution >= 4 is 23.5 Å². The molecule has 20 heavy (non-hydrogen) atoms. The van der Waals surface area contributed by atoms with Crippen LogP contribution in [0.25, 0.3) is 0 Å². The van der Waals surface area contributed by atoms with Gasteiger partial charge in [0.1, 0.15) is 5.60 Å². The van der Waals surface area contributed by atoms with E-state index in [1.54, 1.807) is 24.3 Å². The average Bonchev–Trinajstić information content (AvgIpc) is 2.24. The number of nitrogens with zero attached hydrogens (tertiary/aromatic N) is 1. The molecule has 1 heterocycles. The lowest BCUT2D eigenvalue weighted by Crippen LogP contribution is -2.54. The summed E-state index contributed by atoms with van der Waals surface area (Å²) in [4.78, 5) is 25.5. The number of ether oxygens (including phenoxy) is 1. The van der Waals surface area contributed by atoms with Crippen LogP contribution in [0.3, 0.4) is 0 Å². The third-order valence-electron chi connectivity index (χ3n) is 3.04. The van der Waals surface area contributed by atoms with Crippen molar-refractivity contribution in [1.29, 1.82) is 0 Å². The molecular weight excluding hydrogens is 278 g/mol. The van der Waals surface area contributed by atoms with Gasteiger partial charge in [-0.3, -0.25) is 4.79 Å². The third kappa shape index (κ3) is 3.31. The fourth-order valence-corrected chi connectivity index (χ4v) is 2.23. The zero-order chi connectivity index (χ0) is 14.9. The zero-order valence-electron chi connectivity index (χ0n) is 11.9. The molecule has 1 saturated heterocycles. The first kappa shape index (κ1) is 14.9. The summed E-state index contributed by atoms with van der Waals surface area (Å²) < 4.78 is 5.25. The topological polar surface area (TPSA) is 46.6 Å². The number of Topliss-reactive ketones (excluding diaryl/α,β-unsaturated/α-hetero) is 1. The maximum absolute atomic E-state index is 12.2. The summed E-state index contributed by atoms with van der Waals surface area (Å²) >= 11 is 6.00. The maximum Gasteiger partial charge on any atom is 0.410 e. The number of likely N-dealkylation sites (tertiary alicyclic amines) is 1. The predicted octanol–water partition coefficient (Wildman–Crippen LogP) is 3.39. The molecule has 4 nitrogen and oxygen atoms in total. The second-order valence-corrected chi connectivity index (χ2v) is 6.33. The first-order chi connectivity index (χ1) is 9.28. The van der Waals surface area contributed by atoms with Crippen molar-refractivity contribution in [3.05, 3.63) is 34.9 Å². The van der Waals surface area contributed by atoms with Crippen LogP contribution in [0.4, 0.5) is 4.79 Å². The summed E-state index contributed by atoms with van der Waals surface area (Å²) in [5, 5.41) is 0.452. The standard InChI is InChI=1S/C15H18ClNO3/c1-15(2,3)20-14(19)17-8-10(9-17)13(18)11-6-4-5-7-12(11)16/h4-7,10H,8-9H2,1-3H3. The van der Waals surface area contributed by atoms with Gasteiger partial charge >= 0.3 is 6.09 Å². The van der Waals surface area contributed by atoms with Crippen molar-refractivity contribution in [2.24, 2.45) is 5.92 Å². The summed E-state index contributed by atoms with van der Waals surface area (Å²) in [6, 6.07) is 6.97. The quantitative estimate of drug-likeness (QED) is 0.786. The fourth-order valence-electron chi connectivity index (χ4n) is 2.00. The van der Waals surface area contributed by atoms with E-state index in [-0.39, 0.29) is 17.8 Å². The molecule has 0 unspecified atom stereocenters. The molecule has 0 spiro atoms. The summed E-state index contributed by atoms with van der Waals surface area (Å²) in [7, 11) is 0. The Bertz CT molecular complexity index is 530. The van der Waals surface area contributed by atoms with Crippen molar-refractivity contribution < 1.29 is 14.3 Å². The maximum atomic E-state index is 12.2. The van der Waals surface area contributed by atoms with Gasteiger partial charge in [-0.1, -0.05) is 23.7 Å². The predicted molar refractivity (Wildman–Crippen MR) is 77.1 cm³/mol. The number of hydrogen-bond donors (Lipinski definition) is 0. The summed E-state index contributed by atoms with van der Waals surface area (Å²) in [6.07, 6.45) is -0.374. The minimum absolute atomic E-state index is 0.0181. The molecule has 1 aliphatic heterocycles. The minimum atomic E-state index is -0.519. The number of halogens is 1. The second kappa shape index (κ2) is 5.44. The third-order valence-corrected chi connectivity index (χ3v) is 3.37. The van der Waals surface area contributed by atoms with Gasteiger partial charge in [-0.05, 0) is 32.9 Å². The Hall–Kier alpha value is -1.55. The number of benzene rings is 1. The van der Waals surface area contributed by atoms with Gasteiger partial charge in [0.15, 0.2) is 5.78 Å². The van der Waals surface area contributed by atoms with E-state index < -0.39 is 5.60 Å². The van der Waals surface area contributed by atoms with Crippen molar-refractivity contribution in [3.8, 4) is 0 Å². The zero-order valence-corrected chi connectivity index (χ0v) is 12.6. The van der Waals surface area contributed by atoms with Gasteiger partial charge in [-0.25, -0.2) is 4.79 Å². The van der Waals surface area contributed by atoms with E-state index in [2.05, 4.69) is 0 Å². The van der Waals surface area contributed by atoms with Crippen LogP contribution in [-0.2, 0) is 4.74 Å². The normalized spacial score (nSPS) is 15.7. The molecule has 2 rings (SSSR count). The molecule has 1 amide bonds. The fraction of sp³-hybridized carbons (Fsp3) is 0.467. The van der Waals surface area contributed by atoms with Crippen molar-refractivity contribution in [2.75, 3.05) is 13.1 Å². The monoisotopic (exact) mass is 295 g/mol. The highest BCUT2D eigenvalue weighted by Gasteiger charge is 2.38. The van der Waals surface area contributed by atoms with E-state index in [1.165, 1.54) is 4.90 Å². The SMILES string of the molecule is CC(C)(C)OC(=O)N1CC(C(=O)c2ccccc2Cl)C1. The molecule has 1 aliphatic rings. The lowest BCUT2D eigenvalue weighted by Gasteiger charge is -2.39. The molecule has 0 atom stereocenters. The molecule has 0 N–H and O–H groups in total. The van der Waals surface area contributed by atoms with Crippen LogP contribution >= 0.6 is 11.6 Å². The van der Waals surface area contributed by atoms with Crippen LogP contribution in [0, 0.1) is 5.92 Å². The van der Waals surface area contributed by atoms with Gasteiger partial charge in [0.2, 0.25) is 0 Å². The lowest BCUT2D eigenvalue weighted by atomic mass is 9.91. The van der Waals surface area contributed by atoms with E-state index in [4.69, 9.17) is 16.3 Å². The molecule has 5 heteroatoms. The molecule has 1 aromatic carbocycles. The Morgan fingerprint density at radius 1 is 1.25 bits per heavy atom. The molecule has 0 radical (unpaired) electrons. The van der Waals surface area contributed by atoms with Crippen LogP contribution < -0.4 is 0 Å². The highest BCUT2D eigenvalue weighted by molar-refractivity contribution is 6.34. The van der Waals surface area contributed by atoms with Gasteiger partial charge in [-0.15, -0.1) is 0 Å². The number of rotatable bonds is 2. The van der Waals surface area contributed by atoms with E-state index in [0.717, 1.165) is 0 Å². The molecule has 1 fully saturated rings. The Kier molecular flexibility index (Phi) is 4.04. The number of amides is 1. The summed E-state index contributed by atoms with van der Waals surface area (Å²) in [5.41, 5.74) is -0.00226. The number of ketones is 1. The Balaban J connectivity index is 1.92. The molecule has 0 bridgehead atoms. The summed E-state index contributed by atoms with van der Waals surface area (Å²) in [6.45, 7) is 6.23. The smallest absolute Gasteiger partial charge is 0.410 e. The first-order valence-corrected chi connectivity index (χ1v) is 6.92. The molecule has 1 aromatic rings. The average molecular weight is 296 g/mol. The van der Waals surface area contributed by atoms with Crippen molar-refractivity contribution in [1.82, 2.24) is 4.90 Å².